The van der Waals surface area contributed by atoms with Gasteiger partial charge in [-0.1, -0.05) is 0 Å². The first-order chi connectivity index (χ1) is 6.24. The summed E-state index contributed by atoms with van der Waals surface area (Å²) in [5.74, 6) is 0.686. The van der Waals surface area contributed by atoms with E-state index in [4.69, 9.17) is 5.11 Å². The highest BCUT2D eigenvalue weighted by atomic mass is 16.3. The van der Waals surface area contributed by atoms with Crippen molar-refractivity contribution in [3.63, 3.8) is 0 Å². The fraction of sp³-hybridized carbons (Fsp3) is 0.900. The molecule has 3 nitrogen and oxygen atoms in total. The van der Waals surface area contributed by atoms with Crippen molar-refractivity contribution in [2.75, 3.05) is 6.61 Å². The van der Waals surface area contributed by atoms with Crippen LogP contribution >= 0.6 is 0 Å². The molecule has 2 aliphatic rings. The summed E-state index contributed by atoms with van der Waals surface area (Å²) in [7, 11) is 0. The van der Waals surface area contributed by atoms with E-state index in [-0.39, 0.29) is 11.4 Å². The lowest BCUT2D eigenvalue weighted by atomic mass is 9.76. The minimum atomic E-state index is 0.114. The summed E-state index contributed by atoms with van der Waals surface area (Å²) in [6.07, 6.45) is 5.95. The predicted octanol–water partition coefficient (Wildman–Crippen LogP) is 0.818. The number of carbonyl (C=O) groups is 1. The number of amides is 1. The van der Waals surface area contributed by atoms with Crippen LogP contribution in [0.15, 0.2) is 0 Å². The van der Waals surface area contributed by atoms with E-state index in [1.165, 1.54) is 0 Å². The van der Waals surface area contributed by atoms with E-state index in [0.717, 1.165) is 32.1 Å². The number of carbonyl (C=O) groups excluding carboxylic acids is 1. The summed E-state index contributed by atoms with van der Waals surface area (Å²) < 4.78 is 0. The van der Waals surface area contributed by atoms with Gasteiger partial charge in [-0.25, -0.2) is 0 Å². The van der Waals surface area contributed by atoms with Crippen molar-refractivity contribution in [1.82, 2.24) is 5.32 Å². The van der Waals surface area contributed by atoms with Gasteiger partial charge in [0.15, 0.2) is 0 Å². The van der Waals surface area contributed by atoms with E-state index in [1.54, 1.807) is 0 Å². The summed E-state index contributed by atoms with van der Waals surface area (Å²) in [6, 6.07) is 0. The Hall–Kier alpha value is -0.570. The summed E-state index contributed by atoms with van der Waals surface area (Å²) in [5.41, 5.74) is 0.114. The summed E-state index contributed by atoms with van der Waals surface area (Å²) in [4.78, 5) is 11.1. The van der Waals surface area contributed by atoms with Gasteiger partial charge in [-0.05, 0) is 38.0 Å². The number of aliphatic hydroxyl groups is 1. The van der Waals surface area contributed by atoms with Gasteiger partial charge in [0.2, 0.25) is 5.91 Å². The molecule has 1 heterocycles. The molecule has 0 radical (unpaired) electrons. The zero-order chi connectivity index (χ0) is 9.31. The third kappa shape index (κ3) is 1.70. The number of aliphatic hydroxyl groups excluding tert-OH is 1. The van der Waals surface area contributed by atoms with Crippen molar-refractivity contribution in [3.05, 3.63) is 0 Å². The molecule has 1 aliphatic heterocycles. The highest BCUT2D eigenvalue weighted by Crippen LogP contribution is 2.37. The molecule has 0 aromatic rings. The summed E-state index contributed by atoms with van der Waals surface area (Å²) in [6.45, 7) is 0.310. The molecular formula is C10H17NO2. The maximum Gasteiger partial charge on any atom is 0.220 e. The lowest BCUT2D eigenvalue weighted by molar-refractivity contribution is -0.120. The van der Waals surface area contributed by atoms with Crippen LogP contribution in [0.3, 0.4) is 0 Å². The molecule has 0 aromatic carbocycles. The van der Waals surface area contributed by atoms with Crippen LogP contribution in [0.4, 0.5) is 0 Å². The number of nitrogens with one attached hydrogen (secondary N) is 1. The maximum atomic E-state index is 11.1. The number of hydrogen-bond acceptors (Lipinski definition) is 2. The van der Waals surface area contributed by atoms with E-state index < -0.39 is 0 Å². The first kappa shape index (κ1) is 9.00. The van der Waals surface area contributed by atoms with E-state index in [0.29, 0.717) is 18.9 Å². The van der Waals surface area contributed by atoms with Crippen molar-refractivity contribution in [2.24, 2.45) is 5.92 Å². The summed E-state index contributed by atoms with van der Waals surface area (Å²) in [5, 5.41) is 12.1. The van der Waals surface area contributed by atoms with Crippen LogP contribution in [-0.2, 0) is 4.79 Å². The van der Waals surface area contributed by atoms with Crippen LogP contribution in [0.25, 0.3) is 0 Å². The van der Waals surface area contributed by atoms with Crippen LogP contribution in [0, 0.1) is 5.92 Å². The molecule has 0 aromatic heterocycles. The highest BCUT2D eigenvalue weighted by Gasteiger charge is 2.40. The second-order valence-corrected chi connectivity index (χ2v) is 4.45. The molecule has 2 N–H and O–H groups in total. The molecule has 2 rings (SSSR count). The molecule has 1 aliphatic carbocycles. The second kappa shape index (κ2) is 3.29. The third-order valence-corrected chi connectivity index (χ3v) is 3.56. The SMILES string of the molecule is O=C1CC[C@]2(CC[C@@H](CO)CC2)N1. The monoisotopic (exact) mass is 183 g/mol. The highest BCUT2D eigenvalue weighted by molar-refractivity contribution is 5.79. The molecule has 74 valence electrons. The van der Waals surface area contributed by atoms with Crippen LogP contribution in [0.5, 0.6) is 0 Å². The molecule has 3 heteroatoms. The largest absolute Gasteiger partial charge is 0.396 e. The Kier molecular flexibility index (Phi) is 2.28. The maximum absolute atomic E-state index is 11.1. The lowest BCUT2D eigenvalue weighted by Crippen LogP contribution is -2.44. The molecule has 0 bridgehead atoms. The first-order valence-electron chi connectivity index (χ1n) is 5.16. The predicted molar refractivity (Wildman–Crippen MR) is 49.2 cm³/mol. The van der Waals surface area contributed by atoms with Gasteiger partial charge in [-0.2, -0.15) is 0 Å². The van der Waals surface area contributed by atoms with Crippen molar-refractivity contribution < 1.29 is 9.90 Å². The Morgan fingerprint density at radius 3 is 2.54 bits per heavy atom. The van der Waals surface area contributed by atoms with Crippen molar-refractivity contribution in [3.8, 4) is 0 Å². The minimum absolute atomic E-state index is 0.114. The molecule has 2 fully saturated rings. The fourth-order valence-electron chi connectivity index (χ4n) is 2.56. The van der Waals surface area contributed by atoms with Gasteiger partial charge >= 0.3 is 0 Å². The first-order valence-corrected chi connectivity index (χ1v) is 5.16. The smallest absolute Gasteiger partial charge is 0.220 e. The van der Waals surface area contributed by atoms with Gasteiger partial charge in [-0.15, -0.1) is 0 Å². The zero-order valence-electron chi connectivity index (χ0n) is 7.88. The Morgan fingerprint density at radius 2 is 2.08 bits per heavy atom. The second-order valence-electron chi connectivity index (χ2n) is 4.45. The standard InChI is InChI=1S/C10H17NO2/c12-7-8-1-4-10(5-2-8)6-3-9(13)11-10/h8,12H,1-7H2,(H,11,13)/t8-,10-. The quantitative estimate of drug-likeness (QED) is 0.632. The molecule has 1 amide bonds. The van der Waals surface area contributed by atoms with Gasteiger partial charge in [0.1, 0.15) is 0 Å². The van der Waals surface area contributed by atoms with Gasteiger partial charge in [0.25, 0.3) is 0 Å². The minimum Gasteiger partial charge on any atom is -0.396 e. The molecule has 1 saturated carbocycles. The molecule has 0 unspecified atom stereocenters. The van der Waals surface area contributed by atoms with Crippen LogP contribution in [0.2, 0.25) is 0 Å². The Bertz CT molecular complexity index is 207. The van der Waals surface area contributed by atoms with Crippen LogP contribution in [-0.4, -0.2) is 23.2 Å². The van der Waals surface area contributed by atoms with Gasteiger partial charge in [-0.3, -0.25) is 4.79 Å². The van der Waals surface area contributed by atoms with Crippen LogP contribution in [0.1, 0.15) is 38.5 Å². The van der Waals surface area contributed by atoms with E-state index in [9.17, 15) is 4.79 Å². The molecule has 1 spiro atoms. The fourth-order valence-corrected chi connectivity index (χ4v) is 2.56. The normalized spacial score (nSPS) is 39.5. The number of hydrogen-bond donors (Lipinski definition) is 2. The van der Waals surface area contributed by atoms with E-state index in [1.807, 2.05) is 0 Å². The van der Waals surface area contributed by atoms with Gasteiger partial charge in [0, 0.05) is 18.6 Å². The Morgan fingerprint density at radius 1 is 1.38 bits per heavy atom. The zero-order valence-corrected chi connectivity index (χ0v) is 7.88. The molecule has 1 saturated heterocycles. The lowest BCUT2D eigenvalue weighted by Gasteiger charge is -2.36. The topological polar surface area (TPSA) is 49.3 Å². The summed E-state index contributed by atoms with van der Waals surface area (Å²) >= 11 is 0. The Labute approximate surface area is 78.5 Å². The van der Waals surface area contributed by atoms with Gasteiger partial charge < -0.3 is 10.4 Å². The van der Waals surface area contributed by atoms with Crippen molar-refractivity contribution in [2.45, 2.75) is 44.1 Å². The number of rotatable bonds is 1. The average Bonchev–Trinajstić information content (AvgIpc) is 2.49. The molecule has 13 heavy (non-hydrogen) atoms. The van der Waals surface area contributed by atoms with E-state index >= 15 is 0 Å². The molecular weight excluding hydrogens is 166 g/mol. The third-order valence-electron chi connectivity index (χ3n) is 3.56. The van der Waals surface area contributed by atoms with Crippen molar-refractivity contribution in [1.29, 1.82) is 0 Å². The van der Waals surface area contributed by atoms with E-state index in [2.05, 4.69) is 5.32 Å². The van der Waals surface area contributed by atoms with Crippen molar-refractivity contribution >= 4 is 5.91 Å². The molecule has 0 atom stereocenters. The van der Waals surface area contributed by atoms with Gasteiger partial charge in [0.05, 0.1) is 0 Å². The Balaban J connectivity index is 1.93. The van der Waals surface area contributed by atoms with Crippen LogP contribution < -0.4 is 5.32 Å². The average molecular weight is 183 g/mol.